The lowest BCUT2D eigenvalue weighted by Crippen LogP contribution is -2.43. The van der Waals surface area contributed by atoms with E-state index in [9.17, 15) is 23.2 Å². The number of nitrogens with zero attached hydrogens (tertiary/aromatic N) is 1. The Labute approximate surface area is 139 Å². The molecule has 132 valence electrons. The van der Waals surface area contributed by atoms with Crippen LogP contribution < -0.4 is 10.7 Å². The SMILES string of the molecule is CCCCn1c(CCCCC(F)F)cc(=O)c2c1CC(=O)NC2=O. The van der Waals surface area contributed by atoms with Crippen molar-refractivity contribution in [2.45, 2.75) is 64.8 Å². The van der Waals surface area contributed by atoms with Crippen molar-refractivity contribution in [1.29, 1.82) is 0 Å². The minimum atomic E-state index is -2.32. The molecule has 2 amide bonds. The largest absolute Gasteiger partial charge is 0.347 e. The van der Waals surface area contributed by atoms with Crippen molar-refractivity contribution in [3.63, 3.8) is 0 Å². The number of aryl methyl sites for hydroxylation is 1. The Morgan fingerprint density at radius 2 is 1.96 bits per heavy atom. The van der Waals surface area contributed by atoms with Crippen LogP contribution in [0.3, 0.4) is 0 Å². The molecule has 0 spiro atoms. The van der Waals surface area contributed by atoms with E-state index >= 15 is 0 Å². The smallest absolute Gasteiger partial charge is 0.263 e. The number of hydrogen-bond donors (Lipinski definition) is 1. The molecule has 1 aromatic heterocycles. The number of imide groups is 1. The van der Waals surface area contributed by atoms with Gasteiger partial charge in [0.25, 0.3) is 5.91 Å². The monoisotopic (exact) mass is 340 g/mol. The second-order valence-electron chi connectivity index (χ2n) is 6.02. The molecule has 0 radical (unpaired) electrons. The number of pyridine rings is 1. The second kappa shape index (κ2) is 8.17. The maximum atomic E-state index is 12.3. The first-order valence-electron chi connectivity index (χ1n) is 8.32. The van der Waals surface area contributed by atoms with Crippen LogP contribution in [-0.4, -0.2) is 22.8 Å². The molecule has 1 N–H and O–H groups in total. The van der Waals surface area contributed by atoms with Crippen LogP contribution in [0.25, 0.3) is 0 Å². The Morgan fingerprint density at radius 3 is 2.62 bits per heavy atom. The molecule has 1 aromatic rings. The molecule has 0 atom stereocenters. The third-order valence-corrected chi connectivity index (χ3v) is 4.15. The van der Waals surface area contributed by atoms with Gasteiger partial charge >= 0.3 is 0 Å². The second-order valence-corrected chi connectivity index (χ2v) is 6.02. The standard InChI is InChI=1S/C17H22F2N2O3/c1-2-3-8-21-11(6-4-5-7-14(18)19)9-13(22)16-12(21)10-15(23)20-17(16)24/h9,14H,2-8,10H2,1H3,(H,20,23,24). The average molecular weight is 340 g/mol. The molecule has 0 saturated heterocycles. The first-order valence-corrected chi connectivity index (χ1v) is 8.32. The number of fused-ring (bicyclic) bond motifs is 1. The first-order chi connectivity index (χ1) is 11.4. The van der Waals surface area contributed by atoms with Gasteiger partial charge in [0, 0.05) is 30.4 Å². The highest BCUT2D eigenvalue weighted by atomic mass is 19.3. The van der Waals surface area contributed by atoms with Crippen LogP contribution in [-0.2, 0) is 24.2 Å². The van der Waals surface area contributed by atoms with Gasteiger partial charge in [-0.2, -0.15) is 0 Å². The summed E-state index contributed by atoms with van der Waals surface area (Å²) < 4.78 is 26.3. The molecule has 0 bridgehead atoms. The van der Waals surface area contributed by atoms with E-state index in [-0.39, 0.29) is 18.4 Å². The molecule has 24 heavy (non-hydrogen) atoms. The van der Waals surface area contributed by atoms with Crippen LogP contribution in [0.4, 0.5) is 8.78 Å². The van der Waals surface area contributed by atoms with E-state index in [0.717, 1.165) is 12.8 Å². The van der Waals surface area contributed by atoms with E-state index in [2.05, 4.69) is 5.32 Å². The van der Waals surface area contributed by atoms with Crippen LogP contribution in [0, 0.1) is 0 Å². The molecule has 7 heteroatoms. The number of carbonyl (C=O) groups excluding carboxylic acids is 2. The molecule has 1 aliphatic heterocycles. The molecular formula is C17H22F2N2O3. The first kappa shape index (κ1) is 18.3. The third-order valence-electron chi connectivity index (χ3n) is 4.15. The number of rotatable bonds is 8. The number of nitrogens with one attached hydrogen (secondary N) is 1. The van der Waals surface area contributed by atoms with E-state index in [1.807, 2.05) is 11.5 Å². The summed E-state index contributed by atoms with van der Waals surface area (Å²) in [6, 6.07) is 1.41. The molecule has 2 heterocycles. The summed E-state index contributed by atoms with van der Waals surface area (Å²) in [4.78, 5) is 35.9. The van der Waals surface area contributed by atoms with Gasteiger partial charge in [-0.3, -0.25) is 19.7 Å². The van der Waals surface area contributed by atoms with E-state index < -0.39 is 23.7 Å². The zero-order chi connectivity index (χ0) is 17.7. The van der Waals surface area contributed by atoms with Crippen LogP contribution in [0.15, 0.2) is 10.9 Å². The fourth-order valence-electron chi connectivity index (χ4n) is 2.97. The molecule has 1 aliphatic rings. The van der Waals surface area contributed by atoms with Crippen molar-refractivity contribution in [1.82, 2.24) is 9.88 Å². The Hall–Kier alpha value is -2.05. The van der Waals surface area contributed by atoms with E-state index in [0.29, 0.717) is 37.2 Å². The van der Waals surface area contributed by atoms with Crippen molar-refractivity contribution >= 4 is 11.8 Å². The van der Waals surface area contributed by atoms with Crippen LogP contribution in [0.1, 0.15) is 60.8 Å². The van der Waals surface area contributed by atoms with Gasteiger partial charge in [-0.05, 0) is 25.7 Å². The minimum Gasteiger partial charge on any atom is -0.347 e. The summed E-state index contributed by atoms with van der Waals surface area (Å²) in [5.74, 6) is -1.08. The van der Waals surface area contributed by atoms with E-state index in [1.165, 1.54) is 6.07 Å². The predicted molar refractivity (Wildman–Crippen MR) is 85.3 cm³/mol. The highest BCUT2D eigenvalue weighted by Crippen LogP contribution is 2.17. The highest BCUT2D eigenvalue weighted by Gasteiger charge is 2.28. The number of hydrogen-bond acceptors (Lipinski definition) is 3. The third kappa shape index (κ3) is 4.27. The zero-order valence-corrected chi connectivity index (χ0v) is 13.7. The lowest BCUT2D eigenvalue weighted by molar-refractivity contribution is -0.119. The van der Waals surface area contributed by atoms with E-state index in [4.69, 9.17) is 0 Å². The Kier molecular flexibility index (Phi) is 6.23. The number of unbranched alkanes of at least 4 members (excludes halogenated alkanes) is 2. The summed E-state index contributed by atoms with van der Waals surface area (Å²) in [6.07, 6.45) is 0.661. The highest BCUT2D eigenvalue weighted by molar-refractivity contribution is 6.09. The summed E-state index contributed by atoms with van der Waals surface area (Å²) in [6.45, 7) is 2.62. The molecule has 0 fully saturated rings. The fraction of sp³-hybridized carbons (Fsp3) is 0.588. The van der Waals surface area contributed by atoms with Gasteiger partial charge in [0.15, 0.2) is 5.43 Å². The topological polar surface area (TPSA) is 68.2 Å². The molecule has 5 nitrogen and oxygen atoms in total. The number of carbonyl (C=O) groups is 2. The number of alkyl halides is 2. The van der Waals surface area contributed by atoms with Crippen molar-refractivity contribution in [2.75, 3.05) is 0 Å². The number of amides is 2. The number of halogens is 2. The lowest BCUT2D eigenvalue weighted by atomic mass is 10.0. The molecule has 0 saturated carbocycles. The van der Waals surface area contributed by atoms with Crippen molar-refractivity contribution in [3.05, 3.63) is 33.2 Å². The van der Waals surface area contributed by atoms with E-state index in [1.54, 1.807) is 0 Å². The van der Waals surface area contributed by atoms with Gasteiger partial charge in [0.05, 0.1) is 6.42 Å². The van der Waals surface area contributed by atoms with Crippen LogP contribution in [0.5, 0.6) is 0 Å². The molecule has 0 aromatic carbocycles. The van der Waals surface area contributed by atoms with Gasteiger partial charge in [-0.15, -0.1) is 0 Å². The van der Waals surface area contributed by atoms with Gasteiger partial charge in [0.1, 0.15) is 5.56 Å². The Morgan fingerprint density at radius 1 is 1.21 bits per heavy atom. The van der Waals surface area contributed by atoms with Gasteiger partial charge in [0.2, 0.25) is 12.3 Å². The molecular weight excluding hydrogens is 318 g/mol. The maximum Gasteiger partial charge on any atom is 0.263 e. The molecule has 0 unspecified atom stereocenters. The number of aromatic nitrogens is 1. The average Bonchev–Trinajstić information content (AvgIpc) is 2.50. The Bertz CT molecular complexity index is 683. The molecule has 0 aliphatic carbocycles. The fourth-order valence-corrected chi connectivity index (χ4v) is 2.97. The lowest BCUT2D eigenvalue weighted by Gasteiger charge is -2.23. The van der Waals surface area contributed by atoms with Gasteiger partial charge in [-0.25, -0.2) is 8.78 Å². The van der Waals surface area contributed by atoms with Crippen LogP contribution in [0.2, 0.25) is 0 Å². The summed E-state index contributed by atoms with van der Waals surface area (Å²) in [7, 11) is 0. The molecule has 2 rings (SSSR count). The van der Waals surface area contributed by atoms with Crippen LogP contribution >= 0.6 is 0 Å². The predicted octanol–water partition coefficient (Wildman–Crippen LogP) is 2.44. The Balaban J connectivity index is 2.33. The summed E-state index contributed by atoms with van der Waals surface area (Å²) in [5, 5.41) is 2.17. The summed E-state index contributed by atoms with van der Waals surface area (Å²) >= 11 is 0. The van der Waals surface area contributed by atoms with Crippen molar-refractivity contribution < 1.29 is 18.4 Å². The normalized spacial score (nSPS) is 14.0. The maximum absolute atomic E-state index is 12.3. The van der Waals surface area contributed by atoms with Crippen molar-refractivity contribution in [3.8, 4) is 0 Å². The van der Waals surface area contributed by atoms with Crippen molar-refractivity contribution in [2.24, 2.45) is 0 Å². The summed E-state index contributed by atoms with van der Waals surface area (Å²) in [5.41, 5.74) is 0.783. The van der Waals surface area contributed by atoms with Gasteiger partial charge in [-0.1, -0.05) is 13.3 Å². The minimum absolute atomic E-state index is 0.00903. The quantitative estimate of drug-likeness (QED) is 0.584. The van der Waals surface area contributed by atoms with Gasteiger partial charge < -0.3 is 4.57 Å². The zero-order valence-electron chi connectivity index (χ0n) is 13.7.